The second-order valence-electron chi connectivity index (χ2n) is 8.14. The first-order valence-electron chi connectivity index (χ1n) is 10.3. The topological polar surface area (TPSA) is 80.2 Å². The Morgan fingerprint density at radius 2 is 1.70 bits per heavy atom. The van der Waals surface area contributed by atoms with E-state index in [0.717, 1.165) is 48.5 Å². The molecule has 0 unspecified atom stereocenters. The van der Waals surface area contributed by atoms with Gasteiger partial charge < -0.3 is 9.64 Å². The van der Waals surface area contributed by atoms with Gasteiger partial charge in [0, 0.05) is 31.3 Å². The third kappa shape index (κ3) is 3.51. The van der Waals surface area contributed by atoms with Crippen molar-refractivity contribution in [3.63, 3.8) is 0 Å². The maximum Gasteiger partial charge on any atom is 0.347 e. The summed E-state index contributed by atoms with van der Waals surface area (Å²) < 4.78 is 6.84. The van der Waals surface area contributed by atoms with E-state index in [-0.39, 0.29) is 11.6 Å². The van der Waals surface area contributed by atoms with Crippen LogP contribution in [0.25, 0.3) is 16.8 Å². The van der Waals surface area contributed by atoms with Gasteiger partial charge in [-0.3, -0.25) is 4.79 Å². The highest BCUT2D eigenvalue weighted by Gasteiger charge is 2.39. The molecule has 1 aromatic heterocycles. The Labute approximate surface area is 174 Å². The van der Waals surface area contributed by atoms with Gasteiger partial charge in [0.15, 0.2) is 0 Å². The third-order valence-electron chi connectivity index (χ3n) is 5.96. The number of hydrogen-bond acceptors (Lipinski definition) is 4. The molecule has 2 heterocycles. The zero-order chi connectivity index (χ0) is 20.7. The lowest BCUT2D eigenvalue weighted by Crippen LogP contribution is -2.51. The number of ether oxygens (including phenoxy) is 1. The summed E-state index contributed by atoms with van der Waals surface area (Å²) in [5.74, 6) is 2.43. The Morgan fingerprint density at radius 3 is 2.30 bits per heavy atom. The van der Waals surface area contributed by atoms with E-state index < -0.39 is 0 Å². The van der Waals surface area contributed by atoms with Crippen LogP contribution in [0.4, 0.5) is 0 Å². The minimum atomic E-state index is -0.243. The molecule has 154 valence electrons. The van der Waals surface area contributed by atoms with Gasteiger partial charge >= 0.3 is 5.69 Å². The van der Waals surface area contributed by atoms with Crippen LogP contribution in [0.3, 0.4) is 0 Å². The molecule has 1 N–H and O–H groups in total. The molecule has 0 spiro atoms. The van der Waals surface area contributed by atoms with E-state index in [4.69, 9.17) is 4.74 Å². The number of amides is 1. The molecule has 5 rings (SSSR count). The molecule has 1 saturated carbocycles. The van der Waals surface area contributed by atoms with Crippen LogP contribution < -0.4 is 10.4 Å². The molecule has 1 aliphatic heterocycles. The van der Waals surface area contributed by atoms with Crippen molar-refractivity contribution in [1.29, 1.82) is 0 Å². The van der Waals surface area contributed by atoms with E-state index in [1.807, 2.05) is 53.4 Å². The van der Waals surface area contributed by atoms with Crippen LogP contribution in [0.5, 0.6) is 5.75 Å². The van der Waals surface area contributed by atoms with E-state index in [1.54, 1.807) is 11.7 Å². The molecule has 1 saturated heterocycles. The van der Waals surface area contributed by atoms with E-state index in [0.29, 0.717) is 24.1 Å². The minimum absolute atomic E-state index is 0.243. The highest BCUT2D eigenvalue weighted by molar-refractivity contribution is 5.81. The van der Waals surface area contributed by atoms with Gasteiger partial charge in [0.1, 0.15) is 11.6 Å². The molecule has 1 aliphatic carbocycles. The lowest BCUT2D eigenvalue weighted by Gasteiger charge is -2.39. The van der Waals surface area contributed by atoms with Gasteiger partial charge in [-0.2, -0.15) is 5.10 Å². The number of likely N-dealkylation sites (tertiary alicyclic amines) is 1. The highest BCUT2D eigenvalue weighted by atomic mass is 16.5. The summed E-state index contributed by atoms with van der Waals surface area (Å²) in [6, 6.07) is 15.7. The van der Waals surface area contributed by atoms with E-state index in [2.05, 4.69) is 10.2 Å². The predicted octanol–water partition coefficient (Wildman–Crippen LogP) is 2.65. The molecular formula is C23H24N4O3. The summed E-state index contributed by atoms with van der Waals surface area (Å²) >= 11 is 0. The summed E-state index contributed by atoms with van der Waals surface area (Å²) in [6.45, 7) is 1.51. The van der Waals surface area contributed by atoms with Gasteiger partial charge in [-0.25, -0.2) is 14.5 Å². The summed E-state index contributed by atoms with van der Waals surface area (Å²) in [5.41, 5.74) is 2.68. The summed E-state index contributed by atoms with van der Waals surface area (Å²) in [6.07, 6.45) is 2.74. The number of benzene rings is 2. The minimum Gasteiger partial charge on any atom is -0.497 e. The first-order chi connectivity index (χ1) is 14.6. The lowest BCUT2D eigenvalue weighted by molar-refractivity contribution is -0.138. The fourth-order valence-electron chi connectivity index (χ4n) is 4.04. The molecule has 3 aromatic rings. The zero-order valence-corrected chi connectivity index (χ0v) is 16.9. The van der Waals surface area contributed by atoms with Crippen LogP contribution in [0.1, 0.15) is 18.7 Å². The van der Waals surface area contributed by atoms with Gasteiger partial charge in [0.2, 0.25) is 5.91 Å². The number of methoxy groups -OCH3 is 1. The quantitative estimate of drug-likeness (QED) is 0.685. The Balaban J connectivity index is 1.30. The highest BCUT2D eigenvalue weighted by Crippen LogP contribution is 2.34. The number of aromatic amines is 1. The number of aromatic nitrogens is 3. The molecule has 2 aromatic carbocycles. The van der Waals surface area contributed by atoms with Crippen molar-refractivity contribution in [3.05, 3.63) is 64.8 Å². The molecule has 0 radical (unpaired) electrons. The van der Waals surface area contributed by atoms with Crippen molar-refractivity contribution in [3.8, 4) is 22.6 Å². The molecule has 0 atom stereocenters. The van der Waals surface area contributed by atoms with E-state index in [9.17, 15) is 9.59 Å². The Morgan fingerprint density at radius 1 is 1.07 bits per heavy atom. The second-order valence-corrected chi connectivity index (χ2v) is 8.14. The average molecular weight is 404 g/mol. The van der Waals surface area contributed by atoms with Gasteiger partial charge in [-0.15, -0.1) is 0 Å². The Kier molecular flexibility index (Phi) is 4.65. The zero-order valence-electron chi connectivity index (χ0n) is 16.9. The molecule has 0 bridgehead atoms. The number of nitrogens with zero attached hydrogens (tertiary/aromatic N) is 3. The molecule has 30 heavy (non-hydrogen) atoms. The molecule has 7 nitrogen and oxygen atoms in total. The van der Waals surface area contributed by atoms with Crippen molar-refractivity contribution in [2.24, 2.45) is 11.8 Å². The average Bonchev–Trinajstić information content (AvgIpc) is 3.54. The lowest BCUT2D eigenvalue weighted by atomic mass is 9.95. The van der Waals surface area contributed by atoms with Gasteiger partial charge in [0.05, 0.1) is 12.8 Å². The fraction of sp³-hybridized carbons (Fsp3) is 0.348. The summed E-state index contributed by atoms with van der Waals surface area (Å²) in [7, 11) is 1.65. The van der Waals surface area contributed by atoms with Gasteiger partial charge in [-0.1, -0.05) is 24.3 Å². The number of rotatable bonds is 6. The van der Waals surface area contributed by atoms with Crippen molar-refractivity contribution in [2.45, 2.75) is 19.3 Å². The first-order valence-corrected chi connectivity index (χ1v) is 10.3. The number of nitrogens with one attached hydrogen (secondary N) is 1. The van der Waals surface area contributed by atoms with Gasteiger partial charge in [-0.05, 0) is 48.2 Å². The van der Waals surface area contributed by atoms with Crippen LogP contribution in [0.15, 0.2) is 53.3 Å². The van der Waals surface area contributed by atoms with E-state index in [1.165, 1.54) is 0 Å². The van der Waals surface area contributed by atoms with Crippen molar-refractivity contribution in [1.82, 2.24) is 19.7 Å². The standard InChI is InChI=1S/C23H24N4O3/c1-30-20-10-6-17(7-11-20)16-4-8-19(9-5-16)27-21(24-25-23(27)29)12-15-13-26(14-15)22(28)18-2-3-18/h4-11,15,18H,2-3,12-14H2,1H3,(H,25,29). The fourth-order valence-corrected chi connectivity index (χ4v) is 4.04. The largest absolute Gasteiger partial charge is 0.497 e. The summed E-state index contributed by atoms with van der Waals surface area (Å²) in [4.78, 5) is 26.4. The molecule has 2 fully saturated rings. The normalized spacial score (nSPS) is 16.4. The molecule has 1 amide bonds. The SMILES string of the molecule is COc1ccc(-c2ccc(-n3c(CC4CN(C(=O)C5CC5)C4)n[nH]c3=O)cc2)cc1. The van der Waals surface area contributed by atoms with Crippen molar-refractivity contribution >= 4 is 5.91 Å². The van der Waals surface area contributed by atoms with Crippen LogP contribution >= 0.6 is 0 Å². The third-order valence-corrected chi connectivity index (χ3v) is 5.96. The summed E-state index contributed by atoms with van der Waals surface area (Å²) in [5, 5.41) is 6.81. The van der Waals surface area contributed by atoms with Crippen LogP contribution in [0.2, 0.25) is 0 Å². The number of hydrogen-bond donors (Lipinski definition) is 1. The maximum absolute atomic E-state index is 12.4. The molecular weight excluding hydrogens is 380 g/mol. The van der Waals surface area contributed by atoms with Gasteiger partial charge in [0.25, 0.3) is 0 Å². The van der Waals surface area contributed by atoms with Crippen LogP contribution in [-0.4, -0.2) is 45.8 Å². The van der Waals surface area contributed by atoms with Crippen molar-refractivity contribution in [2.75, 3.05) is 20.2 Å². The van der Waals surface area contributed by atoms with Crippen molar-refractivity contribution < 1.29 is 9.53 Å². The van der Waals surface area contributed by atoms with E-state index >= 15 is 0 Å². The second kappa shape index (κ2) is 7.48. The maximum atomic E-state index is 12.4. The first kappa shape index (κ1) is 18.7. The van der Waals surface area contributed by atoms with Crippen LogP contribution in [0, 0.1) is 11.8 Å². The molecule has 7 heteroatoms. The smallest absolute Gasteiger partial charge is 0.347 e. The van der Waals surface area contributed by atoms with Crippen LogP contribution in [-0.2, 0) is 11.2 Å². The Hall–Kier alpha value is -3.35. The predicted molar refractivity (Wildman–Crippen MR) is 113 cm³/mol. The number of carbonyl (C=O) groups excluding carboxylic acids is 1. The monoisotopic (exact) mass is 404 g/mol. The molecule has 2 aliphatic rings. The number of carbonyl (C=O) groups is 1. The Bertz CT molecular complexity index is 1100. The number of H-pyrrole nitrogens is 1.